The number of nitrogens with one attached hydrogen (secondary N) is 1. The average Bonchev–Trinajstić information content (AvgIpc) is 2.10. The van der Waals surface area contributed by atoms with Crippen LogP contribution in [0, 0.1) is 9.39 Å². The molecule has 0 spiro atoms. The number of aromatic nitrogens is 1. The highest BCUT2D eigenvalue weighted by molar-refractivity contribution is 14.1. The Kier molecular flexibility index (Phi) is 4.53. The van der Waals surface area contributed by atoms with Crippen LogP contribution >= 0.6 is 22.6 Å². The standard InChI is InChI=1S/C9H12FIN2O/c1-6(5-14-2)13-9-8(11)3-7(10)4-12-9/h3-4,6H,5H2,1-2H3,(H,12,13)/t6-/m1/s1. The van der Waals surface area contributed by atoms with Gasteiger partial charge in [0.05, 0.1) is 16.4 Å². The van der Waals surface area contributed by atoms with Gasteiger partial charge in [0.2, 0.25) is 0 Å². The zero-order chi connectivity index (χ0) is 10.6. The Morgan fingerprint density at radius 3 is 3.00 bits per heavy atom. The Hall–Kier alpha value is -0.430. The van der Waals surface area contributed by atoms with E-state index in [-0.39, 0.29) is 11.9 Å². The van der Waals surface area contributed by atoms with Crippen molar-refractivity contribution in [3.8, 4) is 0 Å². The highest BCUT2D eigenvalue weighted by Gasteiger charge is 2.06. The Morgan fingerprint density at radius 1 is 1.71 bits per heavy atom. The zero-order valence-electron chi connectivity index (χ0n) is 8.05. The van der Waals surface area contributed by atoms with Gasteiger partial charge in [-0.25, -0.2) is 9.37 Å². The van der Waals surface area contributed by atoms with E-state index in [4.69, 9.17) is 4.74 Å². The van der Waals surface area contributed by atoms with Crippen LogP contribution < -0.4 is 5.32 Å². The monoisotopic (exact) mass is 310 g/mol. The summed E-state index contributed by atoms with van der Waals surface area (Å²) in [5, 5.41) is 3.13. The highest BCUT2D eigenvalue weighted by Crippen LogP contribution is 2.16. The van der Waals surface area contributed by atoms with Crippen LogP contribution in [-0.2, 0) is 4.74 Å². The van der Waals surface area contributed by atoms with Gasteiger partial charge in [-0.15, -0.1) is 0 Å². The molecule has 1 rings (SSSR count). The SMILES string of the molecule is COC[C@@H](C)Nc1ncc(F)cc1I. The molecule has 0 aliphatic heterocycles. The molecule has 0 saturated carbocycles. The highest BCUT2D eigenvalue weighted by atomic mass is 127. The number of nitrogens with zero attached hydrogens (tertiary/aromatic N) is 1. The molecule has 0 bridgehead atoms. The maximum atomic E-state index is 12.7. The normalized spacial score (nSPS) is 12.6. The van der Waals surface area contributed by atoms with Crippen LogP contribution in [0.25, 0.3) is 0 Å². The van der Waals surface area contributed by atoms with Gasteiger partial charge in [-0.1, -0.05) is 0 Å². The maximum Gasteiger partial charge on any atom is 0.142 e. The van der Waals surface area contributed by atoms with Crippen LogP contribution in [0.4, 0.5) is 10.2 Å². The van der Waals surface area contributed by atoms with Crippen molar-refractivity contribution < 1.29 is 9.13 Å². The summed E-state index contributed by atoms with van der Waals surface area (Å²) in [4.78, 5) is 3.95. The third-order valence-electron chi connectivity index (χ3n) is 1.61. The number of hydrogen-bond acceptors (Lipinski definition) is 3. The summed E-state index contributed by atoms with van der Waals surface area (Å²) >= 11 is 2.04. The summed E-state index contributed by atoms with van der Waals surface area (Å²) in [5.41, 5.74) is 0. The average molecular weight is 310 g/mol. The quantitative estimate of drug-likeness (QED) is 0.866. The Morgan fingerprint density at radius 2 is 2.43 bits per heavy atom. The van der Waals surface area contributed by atoms with Gasteiger partial charge >= 0.3 is 0 Å². The minimum absolute atomic E-state index is 0.159. The molecule has 1 N–H and O–H groups in total. The van der Waals surface area contributed by atoms with E-state index in [2.05, 4.69) is 10.3 Å². The van der Waals surface area contributed by atoms with Gasteiger partial charge < -0.3 is 10.1 Å². The van der Waals surface area contributed by atoms with Gasteiger partial charge in [0.15, 0.2) is 0 Å². The van der Waals surface area contributed by atoms with Gasteiger partial charge in [-0.05, 0) is 35.6 Å². The smallest absolute Gasteiger partial charge is 0.142 e. The predicted molar refractivity (Wildman–Crippen MR) is 61.9 cm³/mol. The van der Waals surface area contributed by atoms with Crippen molar-refractivity contribution in [1.82, 2.24) is 4.98 Å². The van der Waals surface area contributed by atoms with Gasteiger partial charge in [-0.3, -0.25) is 0 Å². The van der Waals surface area contributed by atoms with Crippen molar-refractivity contribution in [3.63, 3.8) is 0 Å². The predicted octanol–water partition coefficient (Wildman–Crippen LogP) is 2.27. The maximum absolute atomic E-state index is 12.7. The van der Waals surface area contributed by atoms with Crippen molar-refractivity contribution in [2.75, 3.05) is 19.0 Å². The molecule has 14 heavy (non-hydrogen) atoms. The molecule has 5 heteroatoms. The van der Waals surface area contributed by atoms with Crippen molar-refractivity contribution in [2.45, 2.75) is 13.0 Å². The molecule has 0 saturated heterocycles. The second-order valence-electron chi connectivity index (χ2n) is 2.98. The second-order valence-corrected chi connectivity index (χ2v) is 4.15. The molecular formula is C9H12FIN2O. The van der Waals surface area contributed by atoms with Crippen LogP contribution in [0.3, 0.4) is 0 Å². The fraction of sp³-hybridized carbons (Fsp3) is 0.444. The van der Waals surface area contributed by atoms with Crippen molar-refractivity contribution >= 4 is 28.4 Å². The number of ether oxygens (including phenoxy) is 1. The van der Waals surface area contributed by atoms with E-state index in [0.29, 0.717) is 12.4 Å². The zero-order valence-corrected chi connectivity index (χ0v) is 10.2. The molecule has 0 aliphatic carbocycles. The summed E-state index contributed by atoms with van der Waals surface area (Å²) in [6.07, 6.45) is 1.20. The molecule has 0 aliphatic rings. The van der Waals surface area contributed by atoms with Gasteiger partial charge in [-0.2, -0.15) is 0 Å². The van der Waals surface area contributed by atoms with Crippen molar-refractivity contribution in [2.24, 2.45) is 0 Å². The fourth-order valence-corrected chi connectivity index (χ4v) is 1.64. The largest absolute Gasteiger partial charge is 0.383 e. The number of rotatable bonds is 4. The molecule has 0 unspecified atom stereocenters. The van der Waals surface area contributed by atoms with Crippen LogP contribution in [-0.4, -0.2) is 24.7 Å². The van der Waals surface area contributed by atoms with Crippen LogP contribution in [0.15, 0.2) is 12.3 Å². The number of anilines is 1. The van der Waals surface area contributed by atoms with E-state index in [1.807, 2.05) is 29.5 Å². The molecule has 1 aromatic heterocycles. The first-order valence-corrected chi connectivity index (χ1v) is 5.28. The summed E-state index contributed by atoms with van der Waals surface area (Å²) in [6, 6.07) is 1.60. The first kappa shape index (κ1) is 11.6. The first-order valence-electron chi connectivity index (χ1n) is 4.20. The van der Waals surface area contributed by atoms with E-state index in [1.165, 1.54) is 12.3 Å². The molecule has 3 nitrogen and oxygen atoms in total. The Bertz CT molecular complexity index is 309. The van der Waals surface area contributed by atoms with E-state index < -0.39 is 0 Å². The van der Waals surface area contributed by atoms with Crippen molar-refractivity contribution in [1.29, 1.82) is 0 Å². The van der Waals surface area contributed by atoms with E-state index >= 15 is 0 Å². The molecular weight excluding hydrogens is 298 g/mol. The van der Waals surface area contributed by atoms with E-state index in [9.17, 15) is 4.39 Å². The minimum Gasteiger partial charge on any atom is -0.383 e. The summed E-state index contributed by atoms with van der Waals surface area (Å²) in [7, 11) is 1.64. The summed E-state index contributed by atoms with van der Waals surface area (Å²) in [5.74, 6) is 0.371. The first-order chi connectivity index (χ1) is 6.63. The molecule has 0 fully saturated rings. The lowest BCUT2D eigenvalue weighted by molar-refractivity contribution is 0.190. The Balaban J connectivity index is 2.67. The lowest BCUT2D eigenvalue weighted by Crippen LogP contribution is -2.22. The molecule has 0 radical (unpaired) electrons. The molecule has 1 heterocycles. The molecule has 1 atom stereocenters. The van der Waals surface area contributed by atoms with E-state index in [0.717, 1.165) is 3.57 Å². The van der Waals surface area contributed by atoms with E-state index in [1.54, 1.807) is 7.11 Å². The molecule has 1 aromatic rings. The molecule has 0 aromatic carbocycles. The number of halogens is 2. The lowest BCUT2D eigenvalue weighted by Gasteiger charge is -2.14. The van der Waals surface area contributed by atoms with Gasteiger partial charge in [0.25, 0.3) is 0 Å². The summed E-state index contributed by atoms with van der Waals surface area (Å²) < 4.78 is 18.5. The van der Waals surface area contributed by atoms with Crippen molar-refractivity contribution in [3.05, 3.63) is 21.7 Å². The molecule has 0 amide bonds. The van der Waals surface area contributed by atoms with Crippen LogP contribution in [0.5, 0.6) is 0 Å². The summed E-state index contributed by atoms with van der Waals surface area (Å²) in [6.45, 7) is 2.57. The number of pyridine rings is 1. The lowest BCUT2D eigenvalue weighted by atomic mass is 10.3. The molecule has 78 valence electrons. The third-order valence-corrected chi connectivity index (χ3v) is 2.43. The number of methoxy groups -OCH3 is 1. The fourth-order valence-electron chi connectivity index (χ4n) is 1.05. The second kappa shape index (κ2) is 5.45. The topological polar surface area (TPSA) is 34.1 Å². The minimum atomic E-state index is -0.320. The Labute approximate surface area is 96.2 Å². The van der Waals surface area contributed by atoms with Crippen LogP contribution in [0.1, 0.15) is 6.92 Å². The van der Waals surface area contributed by atoms with Crippen LogP contribution in [0.2, 0.25) is 0 Å². The van der Waals surface area contributed by atoms with Gasteiger partial charge in [0, 0.05) is 13.2 Å². The number of hydrogen-bond donors (Lipinski definition) is 1. The van der Waals surface area contributed by atoms with Gasteiger partial charge in [0.1, 0.15) is 11.6 Å². The third kappa shape index (κ3) is 3.38.